The summed E-state index contributed by atoms with van der Waals surface area (Å²) in [4.78, 5) is 13.5. The first-order chi connectivity index (χ1) is 7.36. The van der Waals surface area contributed by atoms with Crippen LogP contribution >= 0.6 is 0 Å². The number of carbonyl (C=O) groups is 1. The Morgan fingerprint density at radius 3 is 2.80 bits per heavy atom. The highest BCUT2D eigenvalue weighted by molar-refractivity contribution is 5.74. The number of urea groups is 1. The molecular formula is C12H20N2O. The lowest BCUT2D eigenvalue weighted by molar-refractivity contribution is 0.209. The lowest BCUT2D eigenvalue weighted by Crippen LogP contribution is -2.38. The number of hydrogen-bond acceptors (Lipinski definition) is 1. The number of likely N-dealkylation sites (tertiary alicyclic amines) is 1. The fourth-order valence-corrected chi connectivity index (χ4v) is 2.33. The van der Waals surface area contributed by atoms with Crippen LogP contribution in [0.1, 0.15) is 38.5 Å². The van der Waals surface area contributed by atoms with Crippen molar-refractivity contribution in [1.29, 1.82) is 0 Å². The second kappa shape index (κ2) is 5.19. The summed E-state index contributed by atoms with van der Waals surface area (Å²) in [5.74, 6) is 0. The van der Waals surface area contributed by atoms with E-state index >= 15 is 0 Å². The van der Waals surface area contributed by atoms with Gasteiger partial charge in [0.05, 0.1) is 0 Å². The third-order valence-corrected chi connectivity index (χ3v) is 3.25. The van der Waals surface area contributed by atoms with E-state index in [1.54, 1.807) is 0 Å². The van der Waals surface area contributed by atoms with E-state index in [1.165, 1.54) is 37.7 Å². The Labute approximate surface area is 91.5 Å². The van der Waals surface area contributed by atoms with Gasteiger partial charge in [0.2, 0.25) is 0 Å². The van der Waals surface area contributed by atoms with Gasteiger partial charge in [0.1, 0.15) is 0 Å². The smallest absolute Gasteiger partial charge is 0.317 e. The van der Waals surface area contributed by atoms with Gasteiger partial charge >= 0.3 is 6.03 Å². The SMILES string of the molecule is O=C(NCCC1=CCCC1)N1CCCC1. The van der Waals surface area contributed by atoms with Crippen LogP contribution in [-0.2, 0) is 0 Å². The Morgan fingerprint density at radius 1 is 1.33 bits per heavy atom. The molecule has 0 unspecified atom stereocenters. The molecule has 0 aromatic carbocycles. The fraction of sp³-hybridized carbons (Fsp3) is 0.750. The Morgan fingerprint density at radius 2 is 2.13 bits per heavy atom. The molecule has 0 spiro atoms. The Kier molecular flexibility index (Phi) is 3.64. The summed E-state index contributed by atoms with van der Waals surface area (Å²) in [6, 6.07) is 0.131. The molecule has 2 aliphatic rings. The minimum Gasteiger partial charge on any atom is -0.338 e. The summed E-state index contributed by atoms with van der Waals surface area (Å²) in [5.41, 5.74) is 1.52. The molecule has 84 valence electrons. The first-order valence-electron chi connectivity index (χ1n) is 6.07. The maximum absolute atomic E-state index is 11.6. The lowest BCUT2D eigenvalue weighted by atomic mass is 10.2. The molecule has 0 saturated carbocycles. The van der Waals surface area contributed by atoms with Crippen LogP contribution in [0.4, 0.5) is 4.79 Å². The molecule has 0 aromatic rings. The predicted octanol–water partition coefficient (Wildman–Crippen LogP) is 2.29. The minimum absolute atomic E-state index is 0.131. The van der Waals surface area contributed by atoms with Crippen molar-refractivity contribution in [3.8, 4) is 0 Å². The van der Waals surface area contributed by atoms with E-state index in [0.29, 0.717) is 0 Å². The highest BCUT2D eigenvalue weighted by Gasteiger charge is 2.17. The number of carbonyl (C=O) groups excluding carboxylic acids is 1. The highest BCUT2D eigenvalue weighted by atomic mass is 16.2. The molecule has 1 N–H and O–H groups in total. The Bertz CT molecular complexity index is 254. The van der Waals surface area contributed by atoms with Crippen molar-refractivity contribution in [2.24, 2.45) is 0 Å². The van der Waals surface area contributed by atoms with E-state index in [4.69, 9.17) is 0 Å². The number of nitrogens with one attached hydrogen (secondary N) is 1. The van der Waals surface area contributed by atoms with Crippen molar-refractivity contribution < 1.29 is 4.79 Å². The molecule has 0 atom stereocenters. The average molecular weight is 208 g/mol. The summed E-state index contributed by atoms with van der Waals surface area (Å²) in [5, 5.41) is 3.00. The molecular weight excluding hydrogens is 188 g/mol. The third-order valence-electron chi connectivity index (χ3n) is 3.25. The van der Waals surface area contributed by atoms with E-state index in [1.807, 2.05) is 4.90 Å². The van der Waals surface area contributed by atoms with Crippen LogP contribution in [0.3, 0.4) is 0 Å². The van der Waals surface area contributed by atoms with Gasteiger partial charge in [-0.25, -0.2) is 4.79 Å². The normalized spacial score (nSPS) is 20.5. The Balaban J connectivity index is 1.62. The van der Waals surface area contributed by atoms with E-state index in [2.05, 4.69) is 11.4 Å². The van der Waals surface area contributed by atoms with Gasteiger partial charge in [0.15, 0.2) is 0 Å². The van der Waals surface area contributed by atoms with Crippen molar-refractivity contribution in [2.75, 3.05) is 19.6 Å². The Hall–Kier alpha value is -0.990. The van der Waals surface area contributed by atoms with Crippen LogP contribution in [-0.4, -0.2) is 30.6 Å². The lowest BCUT2D eigenvalue weighted by Gasteiger charge is -2.16. The molecule has 1 heterocycles. The molecule has 0 radical (unpaired) electrons. The molecule has 2 rings (SSSR count). The van der Waals surface area contributed by atoms with Gasteiger partial charge < -0.3 is 10.2 Å². The molecule has 0 bridgehead atoms. The monoisotopic (exact) mass is 208 g/mol. The molecule has 1 saturated heterocycles. The van der Waals surface area contributed by atoms with Crippen LogP contribution in [0.5, 0.6) is 0 Å². The molecule has 0 aromatic heterocycles. The zero-order chi connectivity index (χ0) is 10.5. The van der Waals surface area contributed by atoms with Crippen LogP contribution in [0, 0.1) is 0 Å². The maximum atomic E-state index is 11.6. The summed E-state index contributed by atoms with van der Waals surface area (Å²) >= 11 is 0. The van der Waals surface area contributed by atoms with Crippen molar-refractivity contribution >= 4 is 6.03 Å². The molecule has 3 heteroatoms. The molecule has 15 heavy (non-hydrogen) atoms. The van der Waals surface area contributed by atoms with E-state index in [9.17, 15) is 4.79 Å². The van der Waals surface area contributed by atoms with E-state index < -0.39 is 0 Å². The number of amides is 2. The molecule has 1 aliphatic heterocycles. The number of nitrogens with zero attached hydrogens (tertiary/aromatic N) is 1. The zero-order valence-electron chi connectivity index (χ0n) is 9.30. The van der Waals surface area contributed by atoms with E-state index in [-0.39, 0.29) is 6.03 Å². The quantitative estimate of drug-likeness (QED) is 0.709. The van der Waals surface area contributed by atoms with Crippen LogP contribution in [0.25, 0.3) is 0 Å². The predicted molar refractivity (Wildman–Crippen MR) is 60.8 cm³/mol. The summed E-state index contributed by atoms with van der Waals surface area (Å²) in [6.07, 6.45) is 9.46. The molecule has 1 fully saturated rings. The maximum Gasteiger partial charge on any atom is 0.317 e. The van der Waals surface area contributed by atoms with Gasteiger partial charge in [-0.3, -0.25) is 0 Å². The fourth-order valence-electron chi connectivity index (χ4n) is 2.33. The van der Waals surface area contributed by atoms with Crippen molar-refractivity contribution in [3.05, 3.63) is 11.6 Å². The van der Waals surface area contributed by atoms with Gasteiger partial charge in [0, 0.05) is 19.6 Å². The first-order valence-corrected chi connectivity index (χ1v) is 6.07. The van der Waals surface area contributed by atoms with Gasteiger partial charge in [-0.05, 0) is 38.5 Å². The van der Waals surface area contributed by atoms with Gasteiger partial charge in [-0.2, -0.15) is 0 Å². The van der Waals surface area contributed by atoms with Gasteiger partial charge in [-0.1, -0.05) is 11.6 Å². The summed E-state index contributed by atoms with van der Waals surface area (Å²) in [6.45, 7) is 2.68. The van der Waals surface area contributed by atoms with E-state index in [0.717, 1.165) is 26.1 Å². The van der Waals surface area contributed by atoms with Crippen LogP contribution in [0.2, 0.25) is 0 Å². The molecule has 3 nitrogen and oxygen atoms in total. The van der Waals surface area contributed by atoms with Crippen LogP contribution in [0.15, 0.2) is 11.6 Å². The molecule has 1 aliphatic carbocycles. The second-order valence-electron chi connectivity index (χ2n) is 4.43. The van der Waals surface area contributed by atoms with Crippen LogP contribution < -0.4 is 5.32 Å². The molecule has 2 amide bonds. The van der Waals surface area contributed by atoms with Gasteiger partial charge in [0.25, 0.3) is 0 Å². The summed E-state index contributed by atoms with van der Waals surface area (Å²) < 4.78 is 0. The second-order valence-corrected chi connectivity index (χ2v) is 4.43. The first kappa shape index (κ1) is 10.5. The topological polar surface area (TPSA) is 32.3 Å². The highest BCUT2D eigenvalue weighted by Crippen LogP contribution is 2.19. The standard InChI is InChI=1S/C12H20N2O/c15-12(14-9-3-4-10-14)13-8-7-11-5-1-2-6-11/h5H,1-4,6-10H2,(H,13,15). The number of hydrogen-bond donors (Lipinski definition) is 1. The van der Waals surface area contributed by atoms with Crippen molar-refractivity contribution in [2.45, 2.75) is 38.5 Å². The zero-order valence-corrected chi connectivity index (χ0v) is 9.30. The number of allylic oxidation sites excluding steroid dienone is 1. The largest absolute Gasteiger partial charge is 0.338 e. The minimum atomic E-state index is 0.131. The van der Waals surface area contributed by atoms with Gasteiger partial charge in [-0.15, -0.1) is 0 Å². The summed E-state index contributed by atoms with van der Waals surface area (Å²) in [7, 11) is 0. The van der Waals surface area contributed by atoms with Crippen molar-refractivity contribution in [1.82, 2.24) is 10.2 Å². The third kappa shape index (κ3) is 2.98. The van der Waals surface area contributed by atoms with Crippen molar-refractivity contribution in [3.63, 3.8) is 0 Å². The number of rotatable bonds is 3. The average Bonchev–Trinajstić information content (AvgIpc) is 2.90.